The SMILES string of the molecule is COC(=O)CNCc1ccc(Cl)cc1.Cl. The standard InChI is InChI=1S/C10H12ClNO2.ClH/c1-14-10(13)7-12-6-8-2-4-9(11)5-3-8;/h2-5,12H,6-7H2,1H3;1H. The van der Waals surface area contributed by atoms with E-state index in [-0.39, 0.29) is 24.9 Å². The molecule has 1 aromatic carbocycles. The molecule has 3 nitrogen and oxygen atoms in total. The van der Waals surface area contributed by atoms with E-state index in [0.717, 1.165) is 5.56 Å². The Morgan fingerprint density at radius 2 is 2.00 bits per heavy atom. The first-order valence-electron chi connectivity index (χ1n) is 4.24. The molecular weight excluding hydrogens is 237 g/mol. The Balaban J connectivity index is 0.00000196. The Labute approximate surface area is 100 Å². The van der Waals surface area contributed by atoms with Crippen LogP contribution in [0, 0.1) is 0 Å². The molecule has 0 heterocycles. The molecule has 1 N–H and O–H groups in total. The molecule has 0 bridgehead atoms. The smallest absolute Gasteiger partial charge is 0.319 e. The van der Waals surface area contributed by atoms with Gasteiger partial charge in [-0.3, -0.25) is 4.79 Å². The van der Waals surface area contributed by atoms with E-state index in [4.69, 9.17) is 11.6 Å². The van der Waals surface area contributed by atoms with Gasteiger partial charge in [-0.05, 0) is 17.7 Å². The van der Waals surface area contributed by atoms with E-state index in [1.807, 2.05) is 24.3 Å². The molecule has 0 saturated heterocycles. The summed E-state index contributed by atoms with van der Waals surface area (Å²) in [5.41, 5.74) is 1.08. The van der Waals surface area contributed by atoms with Crippen molar-refractivity contribution >= 4 is 30.0 Å². The lowest BCUT2D eigenvalue weighted by atomic mass is 10.2. The number of benzene rings is 1. The Bertz CT molecular complexity index is 301. The van der Waals surface area contributed by atoms with Crippen molar-refractivity contribution in [3.05, 3.63) is 34.9 Å². The number of methoxy groups -OCH3 is 1. The molecule has 0 saturated carbocycles. The van der Waals surface area contributed by atoms with E-state index in [1.54, 1.807) is 0 Å². The molecule has 1 rings (SSSR count). The number of halogens is 2. The third-order valence-electron chi connectivity index (χ3n) is 1.74. The van der Waals surface area contributed by atoms with Crippen LogP contribution < -0.4 is 5.32 Å². The molecule has 0 aliphatic heterocycles. The van der Waals surface area contributed by atoms with Gasteiger partial charge in [0.15, 0.2) is 0 Å². The Morgan fingerprint density at radius 3 is 2.53 bits per heavy atom. The maximum absolute atomic E-state index is 10.8. The first kappa shape index (κ1) is 14.2. The number of hydrogen-bond acceptors (Lipinski definition) is 3. The van der Waals surface area contributed by atoms with Crippen LogP contribution in [0.25, 0.3) is 0 Å². The fourth-order valence-corrected chi connectivity index (χ4v) is 1.11. The first-order valence-corrected chi connectivity index (χ1v) is 4.62. The van der Waals surface area contributed by atoms with E-state index < -0.39 is 0 Å². The summed E-state index contributed by atoms with van der Waals surface area (Å²) < 4.78 is 4.48. The third-order valence-corrected chi connectivity index (χ3v) is 1.99. The summed E-state index contributed by atoms with van der Waals surface area (Å²) >= 11 is 5.72. The predicted molar refractivity (Wildman–Crippen MR) is 62.4 cm³/mol. The van der Waals surface area contributed by atoms with Crippen LogP contribution >= 0.6 is 24.0 Å². The summed E-state index contributed by atoms with van der Waals surface area (Å²) in [4.78, 5) is 10.8. The van der Waals surface area contributed by atoms with E-state index >= 15 is 0 Å². The van der Waals surface area contributed by atoms with Gasteiger partial charge >= 0.3 is 5.97 Å². The summed E-state index contributed by atoms with van der Waals surface area (Å²) in [7, 11) is 1.37. The van der Waals surface area contributed by atoms with Gasteiger partial charge in [0, 0.05) is 11.6 Å². The Morgan fingerprint density at radius 1 is 1.40 bits per heavy atom. The quantitative estimate of drug-likeness (QED) is 0.831. The van der Waals surface area contributed by atoms with Gasteiger partial charge in [-0.1, -0.05) is 23.7 Å². The minimum atomic E-state index is -0.265. The molecule has 0 amide bonds. The number of hydrogen-bond donors (Lipinski definition) is 1. The zero-order chi connectivity index (χ0) is 10.4. The van der Waals surface area contributed by atoms with Gasteiger partial charge in [-0.2, -0.15) is 0 Å². The van der Waals surface area contributed by atoms with Crippen LogP contribution in [0.2, 0.25) is 5.02 Å². The van der Waals surface area contributed by atoms with Crippen LogP contribution in [0.4, 0.5) is 0 Å². The highest BCUT2D eigenvalue weighted by molar-refractivity contribution is 6.30. The van der Waals surface area contributed by atoms with Crippen molar-refractivity contribution in [1.29, 1.82) is 0 Å². The van der Waals surface area contributed by atoms with E-state index in [0.29, 0.717) is 11.6 Å². The van der Waals surface area contributed by atoms with Crippen LogP contribution in [0.5, 0.6) is 0 Å². The van der Waals surface area contributed by atoms with Crippen LogP contribution in [0.3, 0.4) is 0 Å². The number of nitrogens with one attached hydrogen (secondary N) is 1. The molecule has 0 fully saturated rings. The molecule has 84 valence electrons. The molecule has 0 aliphatic carbocycles. The lowest BCUT2D eigenvalue weighted by Crippen LogP contribution is -2.23. The van der Waals surface area contributed by atoms with Crippen molar-refractivity contribution in [2.45, 2.75) is 6.54 Å². The number of esters is 1. The maximum atomic E-state index is 10.8. The highest BCUT2D eigenvalue weighted by atomic mass is 35.5. The number of carbonyl (C=O) groups is 1. The summed E-state index contributed by atoms with van der Waals surface area (Å²) in [6, 6.07) is 7.45. The zero-order valence-electron chi connectivity index (χ0n) is 8.33. The highest BCUT2D eigenvalue weighted by Gasteiger charge is 1.98. The monoisotopic (exact) mass is 249 g/mol. The van der Waals surface area contributed by atoms with Crippen molar-refractivity contribution < 1.29 is 9.53 Å². The fourth-order valence-electron chi connectivity index (χ4n) is 0.983. The summed E-state index contributed by atoms with van der Waals surface area (Å²) in [5, 5.41) is 3.66. The fraction of sp³-hybridized carbons (Fsp3) is 0.300. The summed E-state index contributed by atoms with van der Waals surface area (Å²) in [5.74, 6) is -0.265. The molecule has 0 aliphatic rings. The van der Waals surface area contributed by atoms with Crippen molar-refractivity contribution in [3.63, 3.8) is 0 Å². The number of rotatable bonds is 4. The topological polar surface area (TPSA) is 38.3 Å². The second kappa shape index (κ2) is 7.51. The van der Waals surface area contributed by atoms with Gasteiger partial charge in [-0.25, -0.2) is 0 Å². The van der Waals surface area contributed by atoms with Gasteiger partial charge in [0.05, 0.1) is 13.7 Å². The molecule has 5 heteroatoms. The normalized spacial score (nSPS) is 9.20. The summed E-state index contributed by atoms with van der Waals surface area (Å²) in [6.45, 7) is 0.853. The Kier molecular flexibility index (Phi) is 7.13. The average molecular weight is 250 g/mol. The van der Waals surface area contributed by atoms with Crippen LogP contribution in [0.15, 0.2) is 24.3 Å². The second-order valence-electron chi connectivity index (χ2n) is 2.81. The van der Waals surface area contributed by atoms with Gasteiger partial charge in [-0.15, -0.1) is 12.4 Å². The molecule has 15 heavy (non-hydrogen) atoms. The molecule has 0 atom stereocenters. The molecule has 0 aromatic heterocycles. The molecule has 0 unspecified atom stereocenters. The van der Waals surface area contributed by atoms with Crippen LogP contribution in [0.1, 0.15) is 5.56 Å². The third kappa shape index (κ3) is 5.62. The van der Waals surface area contributed by atoms with Gasteiger partial charge < -0.3 is 10.1 Å². The molecule has 0 radical (unpaired) electrons. The van der Waals surface area contributed by atoms with Crippen molar-refractivity contribution in [3.8, 4) is 0 Å². The van der Waals surface area contributed by atoms with E-state index in [1.165, 1.54) is 7.11 Å². The lowest BCUT2D eigenvalue weighted by Gasteiger charge is -2.03. The van der Waals surface area contributed by atoms with Crippen molar-refractivity contribution in [2.75, 3.05) is 13.7 Å². The number of ether oxygens (including phenoxy) is 1. The molecule has 0 spiro atoms. The number of carbonyl (C=O) groups excluding carboxylic acids is 1. The van der Waals surface area contributed by atoms with Crippen molar-refractivity contribution in [2.24, 2.45) is 0 Å². The van der Waals surface area contributed by atoms with Crippen LogP contribution in [-0.2, 0) is 16.1 Å². The van der Waals surface area contributed by atoms with Gasteiger partial charge in [0.2, 0.25) is 0 Å². The predicted octanol–water partition coefficient (Wildman–Crippen LogP) is 2.02. The van der Waals surface area contributed by atoms with Crippen LogP contribution in [-0.4, -0.2) is 19.6 Å². The van der Waals surface area contributed by atoms with Gasteiger partial charge in [0.1, 0.15) is 0 Å². The molecular formula is C10H13Cl2NO2. The van der Waals surface area contributed by atoms with Gasteiger partial charge in [0.25, 0.3) is 0 Å². The van der Waals surface area contributed by atoms with E-state index in [9.17, 15) is 4.79 Å². The second-order valence-corrected chi connectivity index (χ2v) is 3.24. The Hall–Kier alpha value is -0.770. The lowest BCUT2D eigenvalue weighted by molar-refractivity contribution is -0.139. The summed E-state index contributed by atoms with van der Waals surface area (Å²) in [6.07, 6.45) is 0. The zero-order valence-corrected chi connectivity index (χ0v) is 9.90. The van der Waals surface area contributed by atoms with E-state index in [2.05, 4.69) is 10.1 Å². The molecule has 1 aromatic rings. The average Bonchev–Trinajstić information content (AvgIpc) is 2.21. The highest BCUT2D eigenvalue weighted by Crippen LogP contribution is 2.08. The minimum absolute atomic E-state index is 0. The maximum Gasteiger partial charge on any atom is 0.319 e. The largest absolute Gasteiger partial charge is 0.468 e. The first-order chi connectivity index (χ1) is 6.72. The van der Waals surface area contributed by atoms with Crippen molar-refractivity contribution in [1.82, 2.24) is 5.32 Å². The minimum Gasteiger partial charge on any atom is -0.468 e.